The van der Waals surface area contributed by atoms with Crippen LogP contribution in [0.2, 0.25) is 0 Å². The van der Waals surface area contributed by atoms with E-state index in [1.807, 2.05) is 12.1 Å². The van der Waals surface area contributed by atoms with E-state index < -0.39 is 12.1 Å². The molecule has 3 aromatic rings. The van der Waals surface area contributed by atoms with Crippen molar-refractivity contribution in [2.45, 2.75) is 35.1 Å². The molecule has 0 radical (unpaired) electrons. The molecule has 0 heterocycles. The van der Waals surface area contributed by atoms with Gasteiger partial charge in [-0.05, 0) is 69.9 Å². The third-order valence-corrected chi connectivity index (χ3v) is 6.90. The van der Waals surface area contributed by atoms with Gasteiger partial charge in [0.25, 0.3) is 0 Å². The van der Waals surface area contributed by atoms with Crippen molar-refractivity contribution in [3.8, 4) is 0 Å². The lowest BCUT2D eigenvalue weighted by Crippen LogP contribution is -2.26. The van der Waals surface area contributed by atoms with Crippen LogP contribution in [0.3, 0.4) is 0 Å². The lowest BCUT2D eigenvalue weighted by molar-refractivity contribution is -0.140. The van der Waals surface area contributed by atoms with Crippen LogP contribution in [-0.4, -0.2) is 37.7 Å². The fourth-order valence-corrected chi connectivity index (χ4v) is 5.08. The zero-order valence-electron chi connectivity index (χ0n) is 18.8. The minimum Gasteiger partial charge on any atom is -0.429 e. The molecule has 0 atom stereocenters. The maximum Gasteiger partial charge on any atom is 0.516 e. The van der Waals surface area contributed by atoms with Crippen LogP contribution in [0.1, 0.15) is 16.7 Å². The van der Waals surface area contributed by atoms with Crippen molar-refractivity contribution in [1.29, 1.82) is 0 Å². The van der Waals surface area contributed by atoms with E-state index in [1.165, 1.54) is 25.8 Å². The Morgan fingerprint density at radius 1 is 0.750 bits per heavy atom. The molecule has 0 aliphatic rings. The summed E-state index contributed by atoms with van der Waals surface area (Å²) in [4.78, 5) is 28.5. The minimum atomic E-state index is -0.986. The van der Waals surface area contributed by atoms with Crippen molar-refractivity contribution in [3.63, 3.8) is 0 Å². The number of hydrogen-bond donors (Lipinski definition) is 0. The molecule has 0 fully saturated rings. The van der Waals surface area contributed by atoms with E-state index in [4.69, 9.17) is 4.74 Å². The number of esters is 1. The first-order chi connectivity index (χ1) is 15.3. The molecule has 0 amide bonds. The van der Waals surface area contributed by atoms with Gasteiger partial charge in [0.15, 0.2) is 14.7 Å². The van der Waals surface area contributed by atoms with Crippen molar-refractivity contribution >= 4 is 23.0 Å². The van der Waals surface area contributed by atoms with Crippen LogP contribution in [0.5, 0.6) is 0 Å². The molecule has 3 aromatic carbocycles. The zero-order chi connectivity index (χ0) is 23.1. The molecule has 0 unspecified atom stereocenters. The zero-order valence-corrected chi connectivity index (χ0v) is 19.6. The van der Waals surface area contributed by atoms with Crippen molar-refractivity contribution in [1.82, 2.24) is 4.90 Å². The highest BCUT2D eigenvalue weighted by Gasteiger charge is 2.28. The third-order valence-electron chi connectivity index (χ3n) is 4.67. The Hall–Kier alpha value is -3.09. The lowest BCUT2D eigenvalue weighted by atomic mass is 10.2. The van der Waals surface area contributed by atoms with Gasteiger partial charge in [0.2, 0.25) is 0 Å². The number of hydrogen-bond acceptors (Lipinski definition) is 5. The van der Waals surface area contributed by atoms with Crippen LogP contribution in [0.15, 0.2) is 87.5 Å². The molecule has 0 N–H and O–H groups in total. The Morgan fingerprint density at radius 3 is 1.62 bits per heavy atom. The van der Waals surface area contributed by atoms with Gasteiger partial charge in [-0.15, -0.1) is 0 Å². The average Bonchev–Trinajstić information content (AvgIpc) is 2.75. The Bertz CT molecular complexity index is 999. The normalized spacial score (nSPS) is 10.9. The summed E-state index contributed by atoms with van der Waals surface area (Å²) in [7, 11) is 3.19. The summed E-state index contributed by atoms with van der Waals surface area (Å²) >= 11 is 0. The number of carbonyl (C=O) groups is 2. The highest BCUT2D eigenvalue weighted by molar-refractivity contribution is 7.97. The van der Waals surface area contributed by atoms with E-state index in [2.05, 4.69) is 79.2 Å². The van der Waals surface area contributed by atoms with E-state index in [0.29, 0.717) is 0 Å². The van der Waals surface area contributed by atoms with Crippen molar-refractivity contribution in [2.24, 2.45) is 0 Å². The van der Waals surface area contributed by atoms with Gasteiger partial charge < -0.3 is 9.47 Å². The van der Waals surface area contributed by atoms with Gasteiger partial charge in [-0.1, -0.05) is 47.5 Å². The number of ether oxygens (including phenoxy) is 2. The Morgan fingerprint density at radius 2 is 1.19 bits per heavy atom. The molecule has 32 heavy (non-hydrogen) atoms. The Labute approximate surface area is 192 Å². The molecule has 0 bridgehead atoms. The van der Waals surface area contributed by atoms with Gasteiger partial charge in [0, 0.05) is 0 Å². The largest absolute Gasteiger partial charge is 0.516 e. The van der Waals surface area contributed by atoms with Crippen LogP contribution in [-0.2, 0) is 31.8 Å². The number of rotatable bonds is 7. The van der Waals surface area contributed by atoms with Crippen molar-refractivity contribution in [3.05, 3.63) is 89.5 Å². The summed E-state index contributed by atoms with van der Waals surface area (Å²) in [6, 6.07) is 25.2. The summed E-state index contributed by atoms with van der Waals surface area (Å²) < 4.78 is 9.72. The first-order valence-electron chi connectivity index (χ1n) is 10.3. The van der Waals surface area contributed by atoms with Crippen LogP contribution < -0.4 is 0 Å². The summed E-state index contributed by atoms with van der Waals surface area (Å²) in [6.45, 7) is 4.23. The van der Waals surface area contributed by atoms with E-state index in [9.17, 15) is 9.59 Å². The second-order valence-corrected chi connectivity index (χ2v) is 9.85. The molecule has 166 valence electrons. The van der Waals surface area contributed by atoms with Gasteiger partial charge in [-0.2, -0.15) is 0 Å². The maximum atomic E-state index is 11.7. The van der Waals surface area contributed by atoms with Gasteiger partial charge in [-0.3, -0.25) is 9.69 Å². The van der Waals surface area contributed by atoms with Crippen molar-refractivity contribution in [2.75, 3.05) is 20.6 Å². The van der Waals surface area contributed by atoms with Crippen LogP contribution >= 0.6 is 0 Å². The third kappa shape index (κ3) is 6.70. The predicted molar refractivity (Wildman–Crippen MR) is 126 cm³/mol. The van der Waals surface area contributed by atoms with E-state index in [-0.39, 0.29) is 24.0 Å². The molecule has 0 saturated heterocycles. The molecule has 0 saturated carbocycles. The maximum absolute atomic E-state index is 11.7. The number of benzene rings is 3. The quantitative estimate of drug-likeness (QED) is 0.283. The molecular formula is C26H28NO4S+. The summed E-state index contributed by atoms with van der Waals surface area (Å²) in [5.74, 6) is -0.643. The Balaban J connectivity index is 1.73. The summed E-state index contributed by atoms with van der Waals surface area (Å²) in [6.07, 6.45) is -0.986. The fraction of sp³-hybridized carbons (Fsp3) is 0.231. The number of nitrogens with zero attached hydrogens (tertiary/aromatic N) is 1. The molecule has 0 aliphatic heterocycles. The second-order valence-electron chi connectivity index (χ2n) is 7.83. The van der Waals surface area contributed by atoms with E-state index in [1.54, 1.807) is 19.0 Å². The standard InChI is InChI=1S/C26H28NO4S/c1-19-5-11-22(12-6-19)32(23-13-7-20(2)8-14-23)24-15-9-21(10-16-24)18-30-26(29)31-25(28)17-27(3)4/h5-16H,17-18H2,1-4H3/q+1. The van der Waals surface area contributed by atoms with Crippen LogP contribution in [0.4, 0.5) is 4.79 Å². The molecule has 3 rings (SSSR count). The molecule has 5 nitrogen and oxygen atoms in total. The SMILES string of the molecule is Cc1ccc([S+](c2ccc(C)cc2)c2ccc(COC(=O)OC(=O)CN(C)C)cc2)cc1. The molecule has 0 spiro atoms. The number of likely N-dealkylation sites (N-methyl/N-ethyl adjacent to an activating group) is 1. The van der Waals surface area contributed by atoms with Crippen LogP contribution in [0, 0.1) is 13.8 Å². The average molecular weight is 451 g/mol. The first kappa shape index (κ1) is 23.6. The van der Waals surface area contributed by atoms with E-state index >= 15 is 0 Å². The molecular weight excluding hydrogens is 422 g/mol. The summed E-state index contributed by atoms with van der Waals surface area (Å²) in [5, 5.41) is 0. The number of aryl methyl sites for hydroxylation is 2. The van der Waals surface area contributed by atoms with E-state index in [0.717, 1.165) is 5.56 Å². The van der Waals surface area contributed by atoms with Gasteiger partial charge in [0.1, 0.15) is 6.61 Å². The van der Waals surface area contributed by atoms with Gasteiger partial charge >= 0.3 is 12.1 Å². The highest BCUT2D eigenvalue weighted by atomic mass is 32.2. The fourth-order valence-electron chi connectivity index (χ4n) is 3.03. The highest BCUT2D eigenvalue weighted by Crippen LogP contribution is 2.31. The molecule has 0 aliphatic carbocycles. The predicted octanol–water partition coefficient (Wildman–Crippen LogP) is 5.14. The van der Waals surface area contributed by atoms with Crippen molar-refractivity contribution < 1.29 is 19.1 Å². The molecule has 6 heteroatoms. The van der Waals surface area contributed by atoms with Crippen LogP contribution in [0.25, 0.3) is 0 Å². The first-order valence-corrected chi connectivity index (χ1v) is 11.5. The lowest BCUT2D eigenvalue weighted by Gasteiger charge is -2.10. The smallest absolute Gasteiger partial charge is 0.429 e. The Kier molecular flexibility index (Phi) is 8.09. The van der Waals surface area contributed by atoms with Gasteiger partial charge in [0.05, 0.1) is 17.4 Å². The van der Waals surface area contributed by atoms with Gasteiger partial charge in [-0.25, -0.2) is 4.79 Å². The topological polar surface area (TPSA) is 55.8 Å². The summed E-state index contributed by atoms with van der Waals surface area (Å²) in [5.41, 5.74) is 3.27. The monoisotopic (exact) mass is 450 g/mol. The number of carbonyl (C=O) groups excluding carboxylic acids is 2. The second kappa shape index (κ2) is 11.0. The molecule has 0 aromatic heterocycles. The minimum absolute atomic E-state index is 0.0180.